The number of likely N-dealkylation sites (tertiary alicyclic amines) is 1. The van der Waals surface area contributed by atoms with Gasteiger partial charge < -0.3 is 14.7 Å². The second-order valence-corrected chi connectivity index (χ2v) is 11.3. The van der Waals surface area contributed by atoms with Crippen LogP contribution in [0.4, 0.5) is 0 Å². The van der Waals surface area contributed by atoms with Crippen LogP contribution in [0.25, 0.3) is 10.2 Å². The van der Waals surface area contributed by atoms with Gasteiger partial charge in [-0.25, -0.2) is 9.97 Å². The highest BCUT2D eigenvalue weighted by molar-refractivity contribution is 7.19. The number of hydrogen-bond acceptors (Lipinski definition) is 7. The standard InChI is InChI=1S/C25H36N4O3S/c1-16(30)13-17-5-10-20-22(17)23-24(26-15-27-25(23)33-20)32-19-8-6-18(7-9-19)28(2)14-21(31)29-11-3-4-12-29/h15-19,30H,3-14H2,1-2H3/t16-,17+,18-,19-/m1/s1. The van der Waals surface area contributed by atoms with Crippen molar-refractivity contribution in [3.05, 3.63) is 16.8 Å². The van der Waals surface area contributed by atoms with Gasteiger partial charge >= 0.3 is 0 Å². The number of nitrogens with zero attached hydrogens (tertiary/aromatic N) is 4. The van der Waals surface area contributed by atoms with E-state index in [1.165, 1.54) is 10.4 Å². The summed E-state index contributed by atoms with van der Waals surface area (Å²) in [6.07, 6.45) is 10.7. The van der Waals surface area contributed by atoms with E-state index < -0.39 is 0 Å². The monoisotopic (exact) mass is 472 g/mol. The summed E-state index contributed by atoms with van der Waals surface area (Å²) >= 11 is 1.76. The lowest BCUT2D eigenvalue weighted by atomic mass is 9.92. The first kappa shape index (κ1) is 23.0. The van der Waals surface area contributed by atoms with Crippen LogP contribution in [-0.4, -0.2) is 75.7 Å². The molecule has 0 bridgehead atoms. The molecule has 0 radical (unpaired) electrons. The summed E-state index contributed by atoms with van der Waals surface area (Å²) in [7, 11) is 2.09. The van der Waals surface area contributed by atoms with Crippen molar-refractivity contribution < 1.29 is 14.6 Å². The van der Waals surface area contributed by atoms with E-state index in [1.54, 1.807) is 17.7 Å². The lowest BCUT2D eigenvalue weighted by Gasteiger charge is -2.35. The molecule has 0 aromatic carbocycles. The van der Waals surface area contributed by atoms with Crippen LogP contribution < -0.4 is 4.74 Å². The first-order valence-electron chi connectivity index (χ1n) is 12.6. The zero-order valence-electron chi connectivity index (χ0n) is 19.8. The summed E-state index contributed by atoms with van der Waals surface area (Å²) in [5, 5.41) is 11.1. The van der Waals surface area contributed by atoms with Crippen molar-refractivity contribution in [3.8, 4) is 5.88 Å². The highest BCUT2D eigenvalue weighted by Gasteiger charge is 2.32. The molecule has 1 amide bonds. The van der Waals surface area contributed by atoms with Gasteiger partial charge in [-0.1, -0.05) is 0 Å². The molecule has 1 saturated carbocycles. The molecular formula is C25H36N4O3S. The fourth-order valence-electron chi connectivity index (χ4n) is 5.95. The van der Waals surface area contributed by atoms with Crippen molar-refractivity contribution in [3.63, 3.8) is 0 Å². The molecule has 1 N–H and O–H groups in total. The molecule has 2 atom stereocenters. The molecule has 180 valence electrons. The van der Waals surface area contributed by atoms with E-state index in [9.17, 15) is 9.90 Å². The minimum Gasteiger partial charge on any atom is -0.474 e. The highest BCUT2D eigenvalue weighted by Crippen LogP contribution is 2.47. The van der Waals surface area contributed by atoms with Gasteiger partial charge in [-0.05, 0) is 83.2 Å². The van der Waals surface area contributed by atoms with E-state index in [1.807, 2.05) is 11.8 Å². The van der Waals surface area contributed by atoms with E-state index in [0.717, 1.165) is 87.0 Å². The van der Waals surface area contributed by atoms with Crippen molar-refractivity contribution in [2.24, 2.45) is 0 Å². The van der Waals surface area contributed by atoms with E-state index >= 15 is 0 Å². The maximum atomic E-state index is 12.5. The van der Waals surface area contributed by atoms with E-state index in [4.69, 9.17) is 4.74 Å². The number of fused-ring (bicyclic) bond motifs is 3. The average Bonchev–Trinajstić information content (AvgIpc) is 3.52. The normalized spacial score (nSPS) is 26.2. The van der Waals surface area contributed by atoms with E-state index in [-0.39, 0.29) is 18.1 Å². The van der Waals surface area contributed by atoms with Gasteiger partial charge in [-0.2, -0.15) is 0 Å². The molecule has 1 saturated heterocycles. The quantitative estimate of drug-likeness (QED) is 0.661. The lowest BCUT2D eigenvalue weighted by molar-refractivity contribution is -0.131. The first-order valence-corrected chi connectivity index (χ1v) is 13.4. The number of hydrogen-bond donors (Lipinski definition) is 1. The Kier molecular flexibility index (Phi) is 6.86. The van der Waals surface area contributed by atoms with E-state index in [2.05, 4.69) is 21.9 Å². The summed E-state index contributed by atoms with van der Waals surface area (Å²) in [5.74, 6) is 1.35. The molecule has 33 heavy (non-hydrogen) atoms. The molecule has 3 aliphatic rings. The third-order valence-corrected chi connectivity index (χ3v) is 8.88. The SMILES string of the molecule is C[C@@H](O)C[C@@H]1CCc2sc3ncnc(O[C@H]4CC[C@H](N(C)CC(=O)N5CCCC5)CC4)c3c21. The Morgan fingerprint density at radius 3 is 2.73 bits per heavy atom. The second-order valence-electron chi connectivity index (χ2n) is 10.2. The van der Waals surface area contributed by atoms with Crippen LogP contribution in [-0.2, 0) is 11.2 Å². The van der Waals surface area contributed by atoms with Crippen molar-refractivity contribution >= 4 is 27.5 Å². The number of aromatic nitrogens is 2. The predicted octanol–water partition coefficient (Wildman–Crippen LogP) is 3.74. The van der Waals surface area contributed by atoms with Crippen molar-refractivity contribution in [1.82, 2.24) is 19.8 Å². The number of ether oxygens (including phenoxy) is 1. The molecule has 1 aliphatic heterocycles. The van der Waals surface area contributed by atoms with Gasteiger partial charge in [0.25, 0.3) is 0 Å². The lowest BCUT2D eigenvalue weighted by Crippen LogP contribution is -2.44. The number of aryl methyl sites for hydroxylation is 1. The third-order valence-electron chi connectivity index (χ3n) is 7.71. The maximum absolute atomic E-state index is 12.5. The number of carbonyl (C=O) groups is 1. The highest BCUT2D eigenvalue weighted by atomic mass is 32.1. The Hall–Kier alpha value is -1.77. The number of likely N-dealkylation sites (N-methyl/N-ethyl adjacent to an activating group) is 1. The third kappa shape index (κ3) is 4.88. The van der Waals surface area contributed by atoms with Crippen LogP contribution in [0.2, 0.25) is 0 Å². The molecule has 3 heterocycles. The second kappa shape index (κ2) is 9.84. The zero-order valence-corrected chi connectivity index (χ0v) is 20.6. The van der Waals surface area contributed by atoms with Gasteiger partial charge in [0, 0.05) is 24.0 Å². The minimum absolute atomic E-state index is 0.147. The molecule has 5 rings (SSSR count). The molecule has 2 aromatic heterocycles. The minimum atomic E-state index is -0.311. The number of aliphatic hydroxyl groups excluding tert-OH is 1. The Labute approximate surface area is 200 Å². The fourth-order valence-corrected chi connectivity index (χ4v) is 7.18. The average molecular weight is 473 g/mol. The Morgan fingerprint density at radius 1 is 1.24 bits per heavy atom. The van der Waals surface area contributed by atoms with Gasteiger partial charge in [0.15, 0.2) is 0 Å². The smallest absolute Gasteiger partial charge is 0.236 e. The number of carbonyl (C=O) groups excluding carboxylic acids is 1. The van der Waals surface area contributed by atoms with Gasteiger partial charge in [0.2, 0.25) is 11.8 Å². The van der Waals surface area contributed by atoms with Crippen LogP contribution in [0.15, 0.2) is 6.33 Å². The summed E-state index contributed by atoms with van der Waals surface area (Å²) in [6, 6.07) is 0.433. The Balaban J connectivity index is 1.22. The van der Waals surface area contributed by atoms with Gasteiger partial charge in [0.05, 0.1) is 18.0 Å². The summed E-state index contributed by atoms with van der Waals surface area (Å²) in [5.41, 5.74) is 1.32. The molecule has 0 unspecified atom stereocenters. The van der Waals surface area contributed by atoms with Crippen LogP contribution in [0.5, 0.6) is 5.88 Å². The molecule has 7 nitrogen and oxygen atoms in total. The molecule has 2 fully saturated rings. The molecule has 2 aliphatic carbocycles. The zero-order chi connectivity index (χ0) is 22.9. The van der Waals surface area contributed by atoms with Gasteiger partial charge in [0.1, 0.15) is 17.3 Å². The topological polar surface area (TPSA) is 78.8 Å². The molecule has 8 heteroatoms. The Bertz CT molecular complexity index is 979. The van der Waals surface area contributed by atoms with Crippen LogP contribution >= 0.6 is 11.3 Å². The van der Waals surface area contributed by atoms with Crippen molar-refractivity contribution in [2.75, 3.05) is 26.7 Å². The van der Waals surface area contributed by atoms with Crippen LogP contribution in [0.1, 0.15) is 74.6 Å². The summed E-state index contributed by atoms with van der Waals surface area (Å²) in [4.78, 5) is 28.2. The van der Waals surface area contributed by atoms with Crippen molar-refractivity contribution in [2.45, 2.75) is 88.9 Å². The van der Waals surface area contributed by atoms with Crippen LogP contribution in [0, 0.1) is 0 Å². The fraction of sp³-hybridized carbons (Fsp3) is 0.720. The molecule has 2 aromatic rings. The van der Waals surface area contributed by atoms with Gasteiger partial charge in [-0.3, -0.25) is 9.69 Å². The largest absolute Gasteiger partial charge is 0.474 e. The van der Waals surface area contributed by atoms with Gasteiger partial charge in [-0.15, -0.1) is 11.3 Å². The number of amides is 1. The Morgan fingerprint density at radius 2 is 2.00 bits per heavy atom. The number of thiophene rings is 1. The molecule has 0 spiro atoms. The summed E-state index contributed by atoms with van der Waals surface area (Å²) < 4.78 is 6.50. The predicted molar refractivity (Wildman–Crippen MR) is 130 cm³/mol. The van der Waals surface area contributed by atoms with Crippen molar-refractivity contribution in [1.29, 1.82) is 0 Å². The number of rotatable bonds is 7. The first-order chi connectivity index (χ1) is 16.0. The molecular weight excluding hydrogens is 436 g/mol. The van der Waals surface area contributed by atoms with E-state index in [0.29, 0.717) is 18.5 Å². The number of aliphatic hydroxyl groups is 1. The van der Waals surface area contributed by atoms with Crippen LogP contribution in [0.3, 0.4) is 0 Å². The summed E-state index contributed by atoms with van der Waals surface area (Å²) in [6.45, 7) is 4.24. The maximum Gasteiger partial charge on any atom is 0.236 e.